The summed E-state index contributed by atoms with van der Waals surface area (Å²) in [5, 5.41) is 14.0. The van der Waals surface area contributed by atoms with E-state index in [1.54, 1.807) is 4.68 Å². The number of aryl methyl sites for hydroxylation is 2. The lowest BCUT2D eigenvalue weighted by molar-refractivity contribution is 0.0220. The van der Waals surface area contributed by atoms with Gasteiger partial charge in [-0.2, -0.15) is 10.2 Å². The molecule has 0 aliphatic carbocycles. The third-order valence-electron chi connectivity index (χ3n) is 7.88. The van der Waals surface area contributed by atoms with Crippen LogP contribution in [0.1, 0.15) is 74.6 Å². The van der Waals surface area contributed by atoms with Crippen molar-refractivity contribution in [2.75, 3.05) is 25.1 Å². The van der Waals surface area contributed by atoms with Gasteiger partial charge in [0.15, 0.2) is 0 Å². The molecule has 1 N–H and O–H groups in total. The number of hydrogen-bond acceptors (Lipinski definition) is 6. The molecule has 1 fully saturated rings. The Morgan fingerprint density at radius 2 is 1.97 bits per heavy atom. The minimum Gasteiger partial charge on any atom is -0.444 e. The third-order valence-corrected chi connectivity index (χ3v) is 8.19. The minimum absolute atomic E-state index is 0.0336. The van der Waals surface area contributed by atoms with Gasteiger partial charge in [0.2, 0.25) is 0 Å². The van der Waals surface area contributed by atoms with Gasteiger partial charge in [0.05, 0.1) is 35.5 Å². The van der Waals surface area contributed by atoms with E-state index in [-0.39, 0.29) is 12.1 Å². The van der Waals surface area contributed by atoms with Crippen molar-refractivity contribution in [3.63, 3.8) is 0 Å². The Kier molecular flexibility index (Phi) is 6.83. The van der Waals surface area contributed by atoms with Crippen molar-refractivity contribution in [2.24, 2.45) is 7.05 Å². The maximum atomic E-state index is 13.0. The van der Waals surface area contributed by atoms with Crippen LogP contribution in [0.15, 0.2) is 24.5 Å². The molecule has 1 aromatic carbocycles. The van der Waals surface area contributed by atoms with E-state index in [0.717, 1.165) is 73.4 Å². The summed E-state index contributed by atoms with van der Waals surface area (Å²) in [6.07, 6.45) is 8.05. The van der Waals surface area contributed by atoms with E-state index in [9.17, 15) is 4.79 Å². The van der Waals surface area contributed by atoms with Crippen LogP contribution in [0.3, 0.4) is 0 Å². The van der Waals surface area contributed by atoms with Crippen molar-refractivity contribution in [3.8, 4) is 11.1 Å². The molecule has 3 aliphatic heterocycles. The van der Waals surface area contributed by atoms with Gasteiger partial charge >= 0.3 is 6.09 Å². The fourth-order valence-corrected chi connectivity index (χ4v) is 6.24. The Morgan fingerprint density at radius 1 is 1.18 bits per heavy atom. The lowest BCUT2D eigenvalue weighted by Crippen LogP contribution is -2.40. The van der Waals surface area contributed by atoms with Crippen molar-refractivity contribution in [1.29, 1.82) is 0 Å². The number of amides is 1. The summed E-state index contributed by atoms with van der Waals surface area (Å²) < 4.78 is 15.4. The van der Waals surface area contributed by atoms with Gasteiger partial charge in [0.25, 0.3) is 0 Å². The lowest BCUT2D eigenvalue weighted by atomic mass is 9.91. The SMILES string of the molecule is Cn1cc(-c2cc3c(cc2Cl)NC(c2nn(C4CCOCC4)c4c2CN(C(=O)OC(C)(C)C)CC4)CC3)cn1. The van der Waals surface area contributed by atoms with E-state index < -0.39 is 5.60 Å². The molecule has 3 aromatic rings. The first-order chi connectivity index (χ1) is 18.7. The summed E-state index contributed by atoms with van der Waals surface area (Å²) in [5.41, 5.74) is 7.18. The van der Waals surface area contributed by atoms with Crippen molar-refractivity contribution in [2.45, 2.75) is 77.1 Å². The molecule has 3 aliphatic rings. The fraction of sp³-hybridized carbons (Fsp3) is 0.552. The van der Waals surface area contributed by atoms with Gasteiger partial charge in [0.1, 0.15) is 5.60 Å². The van der Waals surface area contributed by atoms with Crippen molar-refractivity contribution < 1.29 is 14.3 Å². The predicted molar refractivity (Wildman–Crippen MR) is 150 cm³/mol. The predicted octanol–water partition coefficient (Wildman–Crippen LogP) is 5.68. The Bertz CT molecular complexity index is 1380. The molecule has 1 atom stereocenters. The molecular weight excluding hydrogens is 516 g/mol. The van der Waals surface area contributed by atoms with E-state index in [1.165, 1.54) is 11.3 Å². The average Bonchev–Trinajstić information content (AvgIpc) is 3.51. The number of ether oxygens (including phenoxy) is 2. The molecule has 1 unspecified atom stereocenters. The highest BCUT2D eigenvalue weighted by atomic mass is 35.5. The van der Waals surface area contributed by atoms with Crippen LogP contribution in [0.2, 0.25) is 5.02 Å². The van der Waals surface area contributed by atoms with Crippen molar-refractivity contribution in [3.05, 3.63) is 52.1 Å². The maximum Gasteiger partial charge on any atom is 0.410 e. The topological polar surface area (TPSA) is 86.4 Å². The molecule has 1 amide bonds. The first-order valence-electron chi connectivity index (χ1n) is 13.9. The van der Waals surface area contributed by atoms with Crippen LogP contribution in [0, 0.1) is 0 Å². The highest BCUT2D eigenvalue weighted by Crippen LogP contribution is 2.41. The zero-order valence-electron chi connectivity index (χ0n) is 23.2. The Morgan fingerprint density at radius 3 is 2.69 bits per heavy atom. The molecular formula is C29H37ClN6O3. The summed E-state index contributed by atoms with van der Waals surface area (Å²) in [7, 11) is 1.91. The lowest BCUT2D eigenvalue weighted by Gasteiger charge is -2.32. The van der Waals surface area contributed by atoms with Gasteiger partial charge in [-0.15, -0.1) is 0 Å². The standard InChI is InChI=1S/C29H37ClN6O3/c1-29(2,3)39-28(37)35-10-7-26-22(17-35)27(33-36(26)20-8-11-38-12-9-20)24-6-5-18-13-21(19-15-31-34(4)16-19)23(30)14-25(18)32-24/h13-16,20,24,32H,5-12,17H2,1-4H3. The highest BCUT2D eigenvalue weighted by molar-refractivity contribution is 6.33. The van der Waals surface area contributed by atoms with E-state index >= 15 is 0 Å². The molecule has 1 saturated heterocycles. The number of benzene rings is 1. The molecule has 0 bridgehead atoms. The van der Waals surface area contributed by atoms with Crippen LogP contribution in [-0.2, 0) is 35.9 Å². The summed E-state index contributed by atoms with van der Waals surface area (Å²) in [6, 6.07) is 4.56. The highest BCUT2D eigenvalue weighted by Gasteiger charge is 2.35. The number of hydrogen-bond donors (Lipinski definition) is 1. The third kappa shape index (κ3) is 5.26. The normalized spacial score (nSPS) is 19.8. The van der Waals surface area contributed by atoms with E-state index in [1.807, 2.05) is 51.2 Å². The van der Waals surface area contributed by atoms with E-state index in [2.05, 4.69) is 21.2 Å². The van der Waals surface area contributed by atoms with Crippen LogP contribution in [-0.4, -0.2) is 55.9 Å². The Hall–Kier alpha value is -3.04. The monoisotopic (exact) mass is 552 g/mol. The smallest absolute Gasteiger partial charge is 0.410 e. The van der Waals surface area contributed by atoms with Crippen LogP contribution in [0.5, 0.6) is 0 Å². The van der Waals surface area contributed by atoms with Crippen LogP contribution in [0.25, 0.3) is 11.1 Å². The molecule has 9 nitrogen and oxygen atoms in total. The molecule has 0 radical (unpaired) electrons. The number of anilines is 1. The first kappa shape index (κ1) is 26.2. The largest absolute Gasteiger partial charge is 0.444 e. The fourth-order valence-electron chi connectivity index (χ4n) is 5.97. The van der Waals surface area contributed by atoms with Crippen LogP contribution < -0.4 is 5.32 Å². The number of nitrogens with zero attached hydrogens (tertiary/aromatic N) is 5. The zero-order valence-corrected chi connectivity index (χ0v) is 23.9. The van der Waals surface area contributed by atoms with Crippen molar-refractivity contribution >= 4 is 23.4 Å². The number of carbonyl (C=O) groups excluding carboxylic acids is 1. The number of rotatable bonds is 3. The Balaban J connectivity index is 1.31. The summed E-state index contributed by atoms with van der Waals surface area (Å²) in [5.74, 6) is 0. The molecule has 39 heavy (non-hydrogen) atoms. The molecule has 6 rings (SSSR count). The molecule has 0 saturated carbocycles. The van der Waals surface area contributed by atoms with Gasteiger partial charge in [-0.25, -0.2) is 4.79 Å². The Labute approximate surface area is 234 Å². The second-order valence-electron chi connectivity index (χ2n) is 11.9. The number of halogens is 1. The number of nitrogens with one attached hydrogen (secondary N) is 1. The quantitative estimate of drug-likeness (QED) is 0.450. The van der Waals surface area contributed by atoms with Crippen molar-refractivity contribution in [1.82, 2.24) is 24.5 Å². The average molecular weight is 553 g/mol. The van der Waals surface area contributed by atoms with Gasteiger partial charge in [-0.1, -0.05) is 11.6 Å². The molecule has 208 valence electrons. The van der Waals surface area contributed by atoms with Gasteiger partial charge in [-0.3, -0.25) is 9.36 Å². The molecule has 10 heteroatoms. The van der Waals surface area contributed by atoms with Gasteiger partial charge in [-0.05, 0) is 64.2 Å². The molecule has 0 spiro atoms. The van der Waals surface area contributed by atoms with E-state index in [0.29, 0.717) is 24.2 Å². The number of fused-ring (bicyclic) bond motifs is 2. The summed E-state index contributed by atoms with van der Waals surface area (Å²) in [6.45, 7) is 8.37. The molecule has 2 aromatic heterocycles. The first-order valence-corrected chi connectivity index (χ1v) is 14.3. The molecule has 5 heterocycles. The second kappa shape index (κ2) is 10.2. The summed E-state index contributed by atoms with van der Waals surface area (Å²) in [4.78, 5) is 14.8. The number of carbonyl (C=O) groups is 1. The second-order valence-corrected chi connectivity index (χ2v) is 12.3. The van der Waals surface area contributed by atoms with Crippen LogP contribution >= 0.6 is 11.6 Å². The zero-order chi connectivity index (χ0) is 27.3. The van der Waals surface area contributed by atoms with Crippen LogP contribution in [0.4, 0.5) is 10.5 Å². The maximum absolute atomic E-state index is 13.0. The van der Waals surface area contributed by atoms with Gasteiger partial charge < -0.3 is 19.7 Å². The van der Waals surface area contributed by atoms with E-state index in [4.69, 9.17) is 26.2 Å². The number of aromatic nitrogens is 4. The van der Waals surface area contributed by atoms with Gasteiger partial charge in [0, 0.05) is 67.5 Å². The minimum atomic E-state index is -0.533. The summed E-state index contributed by atoms with van der Waals surface area (Å²) >= 11 is 6.76.